The molecule has 1 rings (SSSR count). The Morgan fingerprint density at radius 3 is 1.65 bits per heavy atom. The molecule has 0 amide bonds. The van der Waals surface area contributed by atoms with Crippen LogP contribution in [-0.2, 0) is 0 Å². The highest BCUT2D eigenvalue weighted by Gasteiger charge is 2.16. The Morgan fingerprint density at radius 2 is 1.24 bits per heavy atom. The molecular formula is C17H30. The van der Waals surface area contributed by atoms with Gasteiger partial charge in [0.2, 0.25) is 0 Å². The maximum absolute atomic E-state index is 2.57. The molecule has 0 aromatic rings. The van der Waals surface area contributed by atoms with E-state index in [1.165, 1.54) is 57.8 Å². The van der Waals surface area contributed by atoms with Crippen LogP contribution in [0.15, 0.2) is 23.3 Å². The Hall–Kier alpha value is -0.520. The van der Waals surface area contributed by atoms with E-state index >= 15 is 0 Å². The van der Waals surface area contributed by atoms with Gasteiger partial charge in [0.05, 0.1) is 0 Å². The van der Waals surface area contributed by atoms with Crippen LogP contribution in [0.2, 0.25) is 0 Å². The summed E-state index contributed by atoms with van der Waals surface area (Å²) in [5.74, 6) is 0.758. The van der Waals surface area contributed by atoms with E-state index in [0.717, 1.165) is 5.92 Å². The zero-order chi connectivity index (χ0) is 12.5. The molecule has 98 valence electrons. The van der Waals surface area contributed by atoms with E-state index in [1.807, 2.05) is 0 Å². The smallest absolute Gasteiger partial charge is 0.00417 e. The zero-order valence-electron chi connectivity index (χ0n) is 12.1. The summed E-state index contributed by atoms with van der Waals surface area (Å²) >= 11 is 0. The lowest BCUT2D eigenvalue weighted by molar-refractivity contribution is 0.644. The second-order valence-electron chi connectivity index (χ2n) is 5.40. The molecule has 0 unspecified atom stereocenters. The first-order valence-corrected chi connectivity index (χ1v) is 7.73. The fourth-order valence-electron chi connectivity index (χ4n) is 2.61. The second kappa shape index (κ2) is 8.55. The summed E-state index contributed by atoms with van der Waals surface area (Å²) in [5.41, 5.74) is 3.36. The molecule has 0 aromatic carbocycles. The summed E-state index contributed by atoms with van der Waals surface area (Å²) in [6.45, 7) is 6.87. The van der Waals surface area contributed by atoms with Crippen LogP contribution in [0, 0.1) is 5.92 Å². The van der Waals surface area contributed by atoms with E-state index in [4.69, 9.17) is 0 Å². The predicted molar refractivity (Wildman–Crippen MR) is 78.2 cm³/mol. The summed E-state index contributed by atoms with van der Waals surface area (Å²) < 4.78 is 0. The van der Waals surface area contributed by atoms with E-state index in [1.54, 1.807) is 11.1 Å². The number of rotatable bonds is 9. The van der Waals surface area contributed by atoms with Gasteiger partial charge in [-0.15, -0.1) is 0 Å². The molecule has 0 heteroatoms. The molecule has 0 aromatic heterocycles. The Bertz CT molecular complexity index is 233. The number of hydrogen-bond acceptors (Lipinski definition) is 0. The molecule has 0 saturated heterocycles. The molecule has 0 fully saturated rings. The SMILES string of the molecule is CCCCC1=CC(CCCC)C=C1CCCC. The highest BCUT2D eigenvalue weighted by atomic mass is 14.2. The topological polar surface area (TPSA) is 0 Å². The molecule has 1 aliphatic carbocycles. The normalized spacial score (nSPS) is 16.2. The van der Waals surface area contributed by atoms with Crippen LogP contribution >= 0.6 is 0 Å². The van der Waals surface area contributed by atoms with E-state index in [-0.39, 0.29) is 0 Å². The van der Waals surface area contributed by atoms with Crippen molar-refractivity contribution in [2.75, 3.05) is 0 Å². The van der Waals surface area contributed by atoms with Gasteiger partial charge in [-0.05, 0) is 49.2 Å². The molecule has 0 N–H and O–H groups in total. The summed E-state index contributed by atoms with van der Waals surface area (Å²) in [6, 6.07) is 0. The van der Waals surface area contributed by atoms with Crippen LogP contribution in [0.1, 0.15) is 78.6 Å². The third-order valence-corrected chi connectivity index (χ3v) is 3.73. The van der Waals surface area contributed by atoms with E-state index in [2.05, 4.69) is 32.9 Å². The van der Waals surface area contributed by atoms with Gasteiger partial charge in [0, 0.05) is 0 Å². The fraction of sp³-hybridized carbons (Fsp3) is 0.765. The molecule has 0 aliphatic heterocycles. The van der Waals surface area contributed by atoms with E-state index in [0.29, 0.717) is 0 Å². The molecule has 17 heavy (non-hydrogen) atoms. The van der Waals surface area contributed by atoms with Crippen molar-refractivity contribution in [3.05, 3.63) is 23.3 Å². The molecule has 0 nitrogen and oxygen atoms in total. The van der Waals surface area contributed by atoms with Gasteiger partial charge in [-0.25, -0.2) is 0 Å². The lowest BCUT2D eigenvalue weighted by Gasteiger charge is -2.07. The lowest BCUT2D eigenvalue weighted by Crippen LogP contribution is -1.88. The fourth-order valence-corrected chi connectivity index (χ4v) is 2.61. The highest BCUT2D eigenvalue weighted by molar-refractivity contribution is 5.39. The Labute approximate surface area is 108 Å². The monoisotopic (exact) mass is 234 g/mol. The van der Waals surface area contributed by atoms with Gasteiger partial charge in [-0.2, -0.15) is 0 Å². The first kappa shape index (κ1) is 14.5. The molecular weight excluding hydrogens is 204 g/mol. The zero-order valence-corrected chi connectivity index (χ0v) is 12.1. The molecule has 0 radical (unpaired) electrons. The van der Waals surface area contributed by atoms with Gasteiger partial charge >= 0.3 is 0 Å². The molecule has 1 aliphatic rings. The Balaban J connectivity index is 2.52. The van der Waals surface area contributed by atoms with Gasteiger partial charge in [0.15, 0.2) is 0 Å². The summed E-state index contributed by atoms with van der Waals surface area (Å²) in [6.07, 6.45) is 17.2. The van der Waals surface area contributed by atoms with Crippen molar-refractivity contribution < 1.29 is 0 Å². The van der Waals surface area contributed by atoms with Crippen molar-refractivity contribution in [3.8, 4) is 0 Å². The van der Waals surface area contributed by atoms with Gasteiger partial charge in [0.25, 0.3) is 0 Å². The van der Waals surface area contributed by atoms with Crippen molar-refractivity contribution in [1.29, 1.82) is 0 Å². The third kappa shape index (κ3) is 5.10. The summed E-state index contributed by atoms with van der Waals surface area (Å²) in [4.78, 5) is 0. The first-order valence-electron chi connectivity index (χ1n) is 7.73. The lowest BCUT2D eigenvalue weighted by atomic mass is 9.99. The van der Waals surface area contributed by atoms with Crippen molar-refractivity contribution >= 4 is 0 Å². The largest absolute Gasteiger partial charge is 0.0741 e. The van der Waals surface area contributed by atoms with E-state index < -0.39 is 0 Å². The number of allylic oxidation sites excluding steroid dienone is 4. The highest BCUT2D eigenvalue weighted by Crippen LogP contribution is 2.33. The molecule has 0 bridgehead atoms. The third-order valence-electron chi connectivity index (χ3n) is 3.73. The summed E-state index contributed by atoms with van der Waals surface area (Å²) in [7, 11) is 0. The van der Waals surface area contributed by atoms with Gasteiger partial charge in [-0.3, -0.25) is 0 Å². The van der Waals surface area contributed by atoms with Crippen LogP contribution < -0.4 is 0 Å². The van der Waals surface area contributed by atoms with Crippen LogP contribution in [-0.4, -0.2) is 0 Å². The van der Waals surface area contributed by atoms with E-state index in [9.17, 15) is 0 Å². The summed E-state index contributed by atoms with van der Waals surface area (Å²) in [5, 5.41) is 0. The first-order chi connectivity index (χ1) is 8.31. The average molecular weight is 234 g/mol. The minimum atomic E-state index is 0.758. The maximum Gasteiger partial charge on any atom is -0.00417 e. The van der Waals surface area contributed by atoms with Crippen molar-refractivity contribution in [2.24, 2.45) is 5.92 Å². The molecule has 0 heterocycles. The van der Waals surface area contributed by atoms with Crippen molar-refractivity contribution in [3.63, 3.8) is 0 Å². The standard InChI is InChI=1S/C17H30/c1-4-7-10-15-13-16(11-8-5-2)17(14-15)12-9-6-3/h13-15H,4-12H2,1-3H3. The Morgan fingerprint density at radius 1 is 0.765 bits per heavy atom. The second-order valence-corrected chi connectivity index (χ2v) is 5.40. The van der Waals surface area contributed by atoms with Gasteiger partial charge in [0.1, 0.15) is 0 Å². The van der Waals surface area contributed by atoms with Gasteiger partial charge in [-0.1, -0.05) is 58.6 Å². The minimum absolute atomic E-state index is 0.758. The predicted octanol–water partition coefficient (Wildman–Crippen LogP) is 6.04. The molecule has 0 atom stereocenters. The average Bonchev–Trinajstić information content (AvgIpc) is 2.73. The Kier molecular flexibility index (Phi) is 7.32. The van der Waals surface area contributed by atoms with Gasteiger partial charge < -0.3 is 0 Å². The maximum atomic E-state index is 2.57. The molecule has 0 saturated carbocycles. The number of hydrogen-bond donors (Lipinski definition) is 0. The quantitative estimate of drug-likeness (QED) is 0.456. The molecule has 0 spiro atoms. The van der Waals surface area contributed by atoms with Crippen molar-refractivity contribution in [2.45, 2.75) is 78.6 Å². The van der Waals surface area contributed by atoms with Crippen molar-refractivity contribution in [1.82, 2.24) is 0 Å². The minimum Gasteiger partial charge on any atom is -0.0741 e. The number of unbranched alkanes of at least 4 members (excludes halogenated alkanes) is 3. The van der Waals surface area contributed by atoms with Crippen LogP contribution in [0.3, 0.4) is 0 Å². The van der Waals surface area contributed by atoms with Crippen LogP contribution in [0.25, 0.3) is 0 Å². The van der Waals surface area contributed by atoms with Crippen LogP contribution in [0.5, 0.6) is 0 Å². The van der Waals surface area contributed by atoms with Crippen LogP contribution in [0.4, 0.5) is 0 Å².